The molecule has 3 rings (SSSR count). The topological polar surface area (TPSA) is 32.3 Å². The summed E-state index contributed by atoms with van der Waals surface area (Å²) in [6.07, 6.45) is 6.25. The number of likely N-dealkylation sites (tertiary alicyclic amines) is 1. The molecule has 17 heavy (non-hydrogen) atoms. The summed E-state index contributed by atoms with van der Waals surface area (Å²) in [7, 11) is 2.02. The van der Waals surface area contributed by atoms with E-state index >= 15 is 0 Å². The largest absolute Gasteiger partial charge is 0.342 e. The first-order chi connectivity index (χ1) is 7.81. The quantitative estimate of drug-likeness (QED) is 0.817. The molecule has 1 amide bonds. The lowest BCUT2D eigenvalue weighted by molar-refractivity contribution is -0.134. The van der Waals surface area contributed by atoms with Gasteiger partial charge in [0.2, 0.25) is 5.91 Å². The van der Waals surface area contributed by atoms with E-state index in [0.717, 1.165) is 37.8 Å². The minimum absolute atomic E-state index is 0. The monoisotopic (exact) mass is 258 g/mol. The lowest BCUT2D eigenvalue weighted by atomic mass is 10.0. The predicted octanol–water partition coefficient (Wildman–Crippen LogP) is 1.66. The van der Waals surface area contributed by atoms with Gasteiger partial charge >= 0.3 is 0 Å². The molecular weight excluding hydrogens is 236 g/mol. The van der Waals surface area contributed by atoms with E-state index in [1.807, 2.05) is 7.05 Å². The van der Waals surface area contributed by atoms with E-state index in [9.17, 15) is 4.79 Å². The van der Waals surface area contributed by atoms with Gasteiger partial charge in [0.1, 0.15) is 0 Å². The van der Waals surface area contributed by atoms with Crippen LogP contribution >= 0.6 is 12.4 Å². The first-order valence-electron chi connectivity index (χ1n) is 6.77. The van der Waals surface area contributed by atoms with Crippen molar-refractivity contribution in [1.29, 1.82) is 0 Å². The molecule has 98 valence electrons. The third-order valence-electron chi connectivity index (χ3n) is 4.91. The van der Waals surface area contributed by atoms with Gasteiger partial charge in [0.15, 0.2) is 0 Å². The molecular formula is C13H23ClN2O. The first kappa shape index (κ1) is 13.2. The van der Waals surface area contributed by atoms with E-state index in [-0.39, 0.29) is 12.4 Å². The molecule has 1 saturated heterocycles. The molecule has 3 nitrogen and oxygen atoms in total. The van der Waals surface area contributed by atoms with Crippen LogP contribution in [-0.4, -0.2) is 37.0 Å². The van der Waals surface area contributed by atoms with E-state index in [1.54, 1.807) is 0 Å². The molecule has 3 fully saturated rings. The number of carbonyl (C=O) groups excluding carboxylic acids is 1. The summed E-state index contributed by atoms with van der Waals surface area (Å²) in [5, 5.41) is 3.31. The highest BCUT2D eigenvalue weighted by Gasteiger charge is 2.57. The van der Waals surface area contributed by atoms with E-state index in [2.05, 4.69) is 10.2 Å². The summed E-state index contributed by atoms with van der Waals surface area (Å²) in [5.74, 6) is 2.45. The van der Waals surface area contributed by atoms with Gasteiger partial charge < -0.3 is 10.2 Å². The number of nitrogens with zero attached hydrogens (tertiary/aromatic N) is 1. The zero-order valence-corrected chi connectivity index (χ0v) is 11.3. The Morgan fingerprint density at radius 3 is 2.24 bits per heavy atom. The average Bonchev–Trinajstić information content (AvgIpc) is 2.81. The number of fused-ring (bicyclic) bond motifs is 1. The Labute approximate surface area is 110 Å². The number of hydrogen-bond acceptors (Lipinski definition) is 2. The highest BCUT2D eigenvalue weighted by molar-refractivity contribution is 5.85. The van der Waals surface area contributed by atoms with Crippen molar-refractivity contribution in [2.24, 2.45) is 17.8 Å². The van der Waals surface area contributed by atoms with Crippen molar-refractivity contribution in [1.82, 2.24) is 10.2 Å². The van der Waals surface area contributed by atoms with Crippen LogP contribution in [0.1, 0.15) is 32.1 Å². The summed E-state index contributed by atoms with van der Waals surface area (Å²) in [6.45, 7) is 1.94. The molecule has 1 N–H and O–H groups in total. The number of nitrogens with one attached hydrogen (secondary N) is 1. The Morgan fingerprint density at radius 1 is 1.12 bits per heavy atom. The van der Waals surface area contributed by atoms with E-state index in [4.69, 9.17) is 0 Å². The number of halogens is 1. The molecule has 0 aromatic carbocycles. The van der Waals surface area contributed by atoms with Crippen molar-refractivity contribution in [3.8, 4) is 0 Å². The van der Waals surface area contributed by atoms with Crippen molar-refractivity contribution in [3.05, 3.63) is 0 Å². The van der Waals surface area contributed by atoms with E-state index in [1.165, 1.54) is 19.3 Å². The maximum Gasteiger partial charge on any atom is 0.226 e. The van der Waals surface area contributed by atoms with Crippen LogP contribution in [0.2, 0.25) is 0 Å². The van der Waals surface area contributed by atoms with Crippen LogP contribution in [0.25, 0.3) is 0 Å². The zero-order chi connectivity index (χ0) is 11.1. The molecule has 0 aromatic heterocycles. The molecule has 2 aliphatic carbocycles. The number of piperidine rings is 1. The van der Waals surface area contributed by atoms with E-state index in [0.29, 0.717) is 17.9 Å². The Morgan fingerprint density at radius 2 is 1.71 bits per heavy atom. The number of carbonyl (C=O) groups is 1. The number of hydrogen-bond donors (Lipinski definition) is 1. The second-order valence-electron chi connectivity index (χ2n) is 5.67. The molecule has 3 aliphatic rings. The van der Waals surface area contributed by atoms with Crippen LogP contribution in [-0.2, 0) is 4.79 Å². The number of amides is 1. The summed E-state index contributed by atoms with van der Waals surface area (Å²) in [5.41, 5.74) is 0. The Bertz CT molecular complexity index is 279. The smallest absolute Gasteiger partial charge is 0.226 e. The minimum atomic E-state index is 0. The Balaban J connectivity index is 0.00000108. The van der Waals surface area contributed by atoms with E-state index < -0.39 is 0 Å². The zero-order valence-electron chi connectivity index (χ0n) is 10.5. The fraction of sp³-hybridized carbons (Fsp3) is 0.923. The molecule has 2 unspecified atom stereocenters. The molecule has 1 heterocycles. The maximum absolute atomic E-state index is 12.3. The van der Waals surface area contributed by atoms with Gasteiger partial charge in [0.05, 0.1) is 0 Å². The molecule has 0 radical (unpaired) electrons. The van der Waals surface area contributed by atoms with Crippen molar-refractivity contribution in [2.45, 2.75) is 38.1 Å². The first-order valence-corrected chi connectivity index (χ1v) is 6.77. The second kappa shape index (κ2) is 5.15. The minimum Gasteiger partial charge on any atom is -0.342 e. The second-order valence-corrected chi connectivity index (χ2v) is 5.67. The molecule has 0 bridgehead atoms. The Hall–Kier alpha value is -0.280. The van der Waals surface area contributed by atoms with Crippen molar-refractivity contribution < 1.29 is 4.79 Å². The molecule has 2 atom stereocenters. The van der Waals surface area contributed by atoms with Gasteiger partial charge in [0.25, 0.3) is 0 Å². The summed E-state index contributed by atoms with van der Waals surface area (Å²) in [4.78, 5) is 14.4. The fourth-order valence-corrected chi connectivity index (χ4v) is 3.79. The molecule has 0 spiro atoms. The van der Waals surface area contributed by atoms with Crippen molar-refractivity contribution in [3.63, 3.8) is 0 Å². The summed E-state index contributed by atoms with van der Waals surface area (Å²) < 4.78 is 0. The number of rotatable bonds is 2. The van der Waals surface area contributed by atoms with Crippen LogP contribution in [0, 0.1) is 17.8 Å². The molecule has 2 saturated carbocycles. The van der Waals surface area contributed by atoms with Crippen molar-refractivity contribution in [2.75, 3.05) is 20.1 Å². The Kier molecular flexibility index (Phi) is 3.99. The van der Waals surface area contributed by atoms with Crippen LogP contribution < -0.4 is 5.32 Å². The van der Waals surface area contributed by atoms with Crippen LogP contribution in [0.3, 0.4) is 0 Å². The lowest BCUT2D eigenvalue weighted by Gasteiger charge is -2.32. The van der Waals surface area contributed by atoms with Gasteiger partial charge in [-0.1, -0.05) is 6.42 Å². The van der Waals surface area contributed by atoms with Gasteiger partial charge in [0, 0.05) is 25.0 Å². The van der Waals surface area contributed by atoms with Crippen LogP contribution in [0.15, 0.2) is 0 Å². The van der Waals surface area contributed by atoms with Gasteiger partial charge in [-0.05, 0) is 44.6 Å². The highest BCUT2D eigenvalue weighted by atomic mass is 35.5. The third-order valence-corrected chi connectivity index (χ3v) is 4.91. The van der Waals surface area contributed by atoms with Gasteiger partial charge in [-0.2, -0.15) is 0 Å². The normalized spacial score (nSPS) is 36.3. The highest BCUT2D eigenvalue weighted by Crippen LogP contribution is 2.58. The van der Waals surface area contributed by atoms with Gasteiger partial charge in [-0.3, -0.25) is 4.79 Å². The molecule has 0 aromatic rings. The lowest BCUT2D eigenvalue weighted by Crippen LogP contribution is -2.44. The standard InChI is InChI=1S/C13H22N2O.ClH/c1-14-9-5-7-15(8-6-9)13(16)12-10-3-2-4-11(10)12;/h9-12,14H,2-8H2,1H3;1H. The summed E-state index contributed by atoms with van der Waals surface area (Å²) >= 11 is 0. The van der Waals surface area contributed by atoms with Crippen LogP contribution in [0.4, 0.5) is 0 Å². The third kappa shape index (κ3) is 2.32. The molecule has 4 heteroatoms. The van der Waals surface area contributed by atoms with Gasteiger partial charge in [-0.15, -0.1) is 12.4 Å². The molecule has 1 aliphatic heterocycles. The van der Waals surface area contributed by atoms with Gasteiger partial charge in [-0.25, -0.2) is 0 Å². The SMILES string of the molecule is CNC1CCN(C(=O)C2C3CCCC32)CC1.Cl. The fourth-order valence-electron chi connectivity index (χ4n) is 3.79. The van der Waals surface area contributed by atoms with Crippen molar-refractivity contribution >= 4 is 18.3 Å². The maximum atomic E-state index is 12.3. The predicted molar refractivity (Wildman–Crippen MR) is 70.2 cm³/mol. The van der Waals surface area contributed by atoms with Crippen LogP contribution in [0.5, 0.6) is 0 Å². The summed E-state index contributed by atoms with van der Waals surface area (Å²) in [6, 6.07) is 0.628. The average molecular weight is 259 g/mol.